The Labute approximate surface area is 102 Å². The maximum Gasteiger partial charge on any atom is 0.296 e. The van der Waals surface area contributed by atoms with Crippen molar-refractivity contribution in [2.75, 3.05) is 19.8 Å². The summed E-state index contributed by atoms with van der Waals surface area (Å²) in [4.78, 5) is 0.200. The molecule has 94 valence electrons. The summed E-state index contributed by atoms with van der Waals surface area (Å²) < 4.78 is 34.0. The predicted octanol–water partition coefficient (Wildman–Crippen LogP) is 1.82. The molecule has 1 aromatic rings. The summed E-state index contributed by atoms with van der Waals surface area (Å²) in [5.41, 5.74) is -0.123. The van der Waals surface area contributed by atoms with Crippen LogP contribution in [0, 0.1) is 5.41 Å². The minimum atomic E-state index is -3.64. The zero-order chi connectivity index (χ0) is 12.4. The van der Waals surface area contributed by atoms with Crippen LogP contribution in [0.25, 0.3) is 0 Å². The molecule has 0 atom stereocenters. The highest BCUT2D eigenvalue weighted by Gasteiger charge is 2.38. The first-order chi connectivity index (χ1) is 8.08. The molecule has 1 aromatic carbocycles. The third-order valence-electron chi connectivity index (χ3n) is 3.12. The summed E-state index contributed by atoms with van der Waals surface area (Å²) in [5.74, 6) is 0. The lowest BCUT2D eigenvalue weighted by molar-refractivity contribution is -0.132. The van der Waals surface area contributed by atoms with E-state index in [1.54, 1.807) is 18.2 Å². The van der Waals surface area contributed by atoms with Crippen LogP contribution in [0.3, 0.4) is 0 Å². The van der Waals surface area contributed by atoms with E-state index in [1.165, 1.54) is 12.1 Å². The Hall–Kier alpha value is -0.910. The molecule has 1 saturated heterocycles. The van der Waals surface area contributed by atoms with E-state index < -0.39 is 10.1 Å². The molecule has 4 nitrogen and oxygen atoms in total. The Balaban J connectivity index is 2.04. The van der Waals surface area contributed by atoms with Gasteiger partial charge in [0.25, 0.3) is 10.1 Å². The first-order valence-corrected chi connectivity index (χ1v) is 7.01. The van der Waals surface area contributed by atoms with Gasteiger partial charge in [-0.05, 0) is 18.6 Å². The second-order valence-corrected chi connectivity index (χ2v) is 5.99. The van der Waals surface area contributed by atoms with Crippen molar-refractivity contribution in [1.29, 1.82) is 0 Å². The topological polar surface area (TPSA) is 52.6 Å². The van der Waals surface area contributed by atoms with Gasteiger partial charge in [0, 0.05) is 5.41 Å². The van der Waals surface area contributed by atoms with Gasteiger partial charge in [-0.2, -0.15) is 8.42 Å². The summed E-state index contributed by atoms with van der Waals surface area (Å²) in [6, 6.07) is 8.19. The van der Waals surface area contributed by atoms with E-state index in [9.17, 15) is 8.42 Å². The molecule has 0 bridgehead atoms. The van der Waals surface area contributed by atoms with Crippen LogP contribution in [0.1, 0.15) is 13.3 Å². The van der Waals surface area contributed by atoms with E-state index in [1.807, 2.05) is 6.92 Å². The van der Waals surface area contributed by atoms with Crippen LogP contribution in [0.4, 0.5) is 0 Å². The minimum Gasteiger partial charge on any atom is -0.380 e. The lowest BCUT2D eigenvalue weighted by atomic mass is 9.84. The lowest BCUT2D eigenvalue weighted by Crippen LogP contribution is -2.46. The van der Waals surface area contributed by atoms with Gasteiger partial charge in [-0.3, -0.25) is 4.18 Å². The summed E-state index contributed by atoms with van der Waals surface area (Å²) in [7, 11) is -3.64. The van der Waals surface area contributed by atoms with Crippen molar-refractivity contribution >= 4 is 10.1 Å². The Morgan fingerprint density at radius 1 is 1.29 bits per heavy atom. The second-order valence-electron chi connectivity index (χ2n) is 4.38. The molecule has 0 spiro atoms. The molecular formula is C12H16O4S. The fourth-order valence-corrected chi connectivity index (χ4v) is 2.67. The van der Waals surface area contributed by atoms with Crippen LogP contribution in [-0.2, 0) is 19.0 Å². The second kappa shape index (κ2) is 4.76. The van der Waals surface area contributed by atoms with Crippen LogP contribution in [0.2, 0.25) is 0 Å². The highest BCUT2D eigenvalue weighted by atomic mass is 32.2. The Morgan fingerprint density at radius 3 is 2.41 bits per heavy atom. The quantitative estimate of drug-likeness (QED) is 0.754. The summed E-state index contributed by atoms with van der Waals surface area (Å²) in [6.45, 7) is 3.36. The van der Waals surface area contributed by atoms with E-state index in [4.69, 9.17) is 8.92 Å². The lowest BCUT2D eigenvalue weighted by Gasteiger charge is -2.39. The molecule has 1 heterocycles. The zero-order valence-corrected chi connectivity index (χ0v) is 10.6. The van der Waals surface area contributed by atoms with Crippen molar-refractivity contribution in [3.05, 3.63) is 30.3 Å². The van der Waals surface area contributed by atoms with Crippen molar-refractivity contribution in [1.82, 2.24) is 0 Å². The predicted molar refractivity (Wildman–Crippen MR) is 63.1 cm³/mol. The van der Waals surface area contributed by atoms with Gasteiger partial charge in [0.2, 0.25) is 0 Å². The van der Waals surface area contributed by atoms with Gasteiger partial charge < -0.3 is 4.74 Å². The standard InChI is InChI=1S/C12H16O4S/c1-2-12(8-15-9-12)10-16-17(13,14)11-6-4-3-5-7-11/h3-7H,2,8-10H2,1H3. The number of benzene rings is 1. The van der Waals surface area contributed by atoms with E-state index in [0.717, 1.165) is 6.42 Å². The van der Waals surface area contributed by atoms with Crippen LogP contribution < -0.4 is 0 Å². The third-order valence-corrected chi connectivity index (χ3v) is 4.40. The number of rotatable bonds is 5. The zero-order valence-electron chi connectivity index (χ0n) is 9.76. The van der Waals surface area contributed by atoms with Gasteiger partial charge >= 0.3 is 0 Å². The van der Waals surface area contributed by atoms with E-state index in [2.05, 4.69) is 0 Å². The molecule has 0 saturated carbocycles. The van der Waals surface area contributed by atoms with Gasteiger partial charge in [0.1, 0.15) is 0 Å². The fourth-order valence-electron chi connectivity index (χ4n) is 1.64. The average molecular weight is 256 g/mol. The third kappa shape index (κ3) is 2.68. The molecule has 0 amide bonds. The molecule has 0 radical (unpaired) electrons. The molecule has 0 aromatic heterocycles. The van der Waals surface area contributed by atoms with Crippen LogP contribution >= 0.6 is 0 Å². The van der Waals surface area contributed by atoms with E-state index in [-0.39, 0.29) is 16.9 Å². The fraction of sp³-hybridized carbons (Fsp3) is 0.500. The summed E-state index contributed by atoms with van der Waals surface area (Å²) >= 11 is 0. The van der Waals surface area contributed by atoms with Gasteiger partial charge in [-0.1, -0.05) is 25.1 Å². The smallest absolute Gasteiger partial charge is 0.296 e. The van der Waals surface area contributed by atoms with Gasteiger partial charge in [0.15, 0.2) is 0 Å². The van der Waals surface area contributed by atoms with Gasteiger partial charge in [-0.25, -0.2) is 0 Å². The Kier molecular flexibility index (Phi) is 3.51. The van der Waals surface area contributed by atoms with Crippen molar-refractivity contribution in [2.45, 2.75) is 18.2 Å². The Morgan fingerprint density at radius 2 is 1.94 bits per heavy atom. The van der Waals surface area contributed by atoms with Crippen molar-refractivity contribution < 1.29 is 17.3 Å². The van der Waals surface area contributed by atoms with Crippen LogP contribution in [0.5, 0.6) is 0 Å². The molecular weight excluding hydrogens is 240 g/mol. The molecule has 17 heavy (non-hydrogen) atoms. The van der Waals surface area contributed by atoms with Crippen LogP contribution in [0.15, 0.2) is 35.2 Å². The van der Waals surface area contributed by atoms with Crippen molar-refractivity contribution in [3.8, 4) is 0 Å². The van der Waals surface area contributed by atoms with E-state index >= 15 is 0 Å². The highest BCUT2D eigenvalue weighted by molar-refractivity contribution is 7.86. The molecule has 1 aliphatic rings. The maximum absolute atomic E-state index is 11.9. The number of hydrogen-bond donors (Lipinski definition) is 0. The van der Waals surface area contributed by atoms with Gasteiger partial charge in [0.05, 0.1) is 24.7 Å². The molecule has 0 unspecified atom stereocenters. The maximum atomic E-state index is 11.9. The molecule has 1 fully saturated rings. The van der Waals surface area contributed by atoms with Crippen molar-refractivity contribution in [3.63, 3.8) is 0 Å². The molecule has 2 rings (SSSR count). The molecule has 0 aliphatic carbocycles. The highest BCUT2D eigenvalue weighted by Crippen LogP contribution is 2.32. The number of ether oxygens (including phenoxy) is 1. The molecule has 1 aliphatic heterocycles. The average Bonchev–Trinajstić information content (AvgIpc) is 2.29. The minimum absolute atomic E-state index is 0.123. The molecule has 0 N–H and O–H groups in total. The molecule has 5 heteroatoms. The summed E-state index contributed by atoms with van der Waals surface area (Å²) in [5, 5.41) is 0. The first kappa shape index (κ1) is 12.5. The SMILES string of the molecule is CCC1(COS(=O)(=O)c2ccccc2)COC1. The Bertz CT molecular complexity index is 457. The monoisotopic (exact) mass is 256 g/mol. The largest absolute Gasteiger partial charge is 0.380 e. The summed E-state index contributed by atoms with van der Waals surface area (Å²) in [6.07, 6.45) is 0.858. The van der Waals surface area contributed by atoms with E-state index in [0.29, 0.717) is 13.2 Å². The van der Waals surface area contributed by atoms with Crippen molar-refractivity contribution in [2.24, 2.45) is 5.41 Å². The normalized spacial score (nSPS) is 18.6. The first-order valence-electron chi connectivity index (χ1n) is 5.60. The van der Waals surface area contributed by atoms with Crippen LogP contribution in [-0.4, -0.2) is 28.2 Å². The van der Waals surface area contributed by atoms with Gasteiger partial charge in [-0.15, -0.1) is 0 Å². The number of hydrogen-bond acceptors (Lipinski definition) is 4.